The number of Topliss-reactive ketones (excluding diaryl/α,β-unsaturated/α-hetero) is 1. The molecule has 3 rings (SSSR count). The number of nitrogen functional groups attached to an aromatic ring is 1. The second kappa shape index (κ2) is 6.02. The highest BCUT2D eigenvalue weighted by Crippen LogP contribution is 2.36. The zero-order chi connectivity index (χ0) is 17.6. The number of hydrogen-bond acceptors (Lipinski definition) is 10. The molecule has 1 fully saturated rings. The number of aromatic nitrogens is 2. The molecule has 1 aromatic rings. The second-order valence-corrected chi connectivity index (χ2v) is 5.86. The fraction of sp³-hybridized carbons (Fsp3) is 0.615. The van der Waals surface area contributed by atoms with Crippen LogP contribution >= 0.6 is 0 Å². The van der Waals surface area contributed by atoms with Gasteiger partial charge in [0.2, 0.25) is 5.95 Å². The Morgan fingerprint density at radius 3 is 2.75 bits per heavy atom. The number of rotatable bonds is 4. The van der Waals surface area contributed by atoms with Gasteiger partial charge < -0.3 is 35.6 Å². The van der Waals surface area contributed by atoms with E-state index in [1.165, 1.54) is 16.7 Å². The number of aliphatic hydroxyl groups is 3. The van der Waals surface area contributed by atoms with Gasteiger partial charge in [-0.1, -0.05) is 0 Å². The van der Waals surface area contributed by atoms with E-state index in [-0.39, 0.29) is 36.5 Å². The van der Waals surface area contributed by atoms with Crippen molar-refractivity contribution in [3.05, 3.63) is 10.4 Å². The van der Waals surface area contributed by atoms with Crippen LogP contribution in [0.5, 0.6) is 0 Å². The lowest BCUT2D eigenvalue weighted by Gasteiger charge is -2.28. The molecule has 0 aliphatic carbocycles. The Bertz CT molecular complexity index is 709. The van der Waals surface area contributed by atoms with E-state index in [0.29, 0.717) is 0 Å². The van der Waals surface area contributed by atoms with Crippen LogP contribution in [0.25, 0.3) is 0 Å². The number of H-pyrrole nitrogens is 1. The van der Waals surface area contributed by atoms with Crippen molar-refractivity contribution in [2.45, 2.75) is 31.5 Å². The number of ether oxygens (including phenoxy) is 1. The van der Waals surface area contributed by atoms with Gasteiger partial charge in [-0.15, -0.1) is 0 Å². The highest BCUT2D eigenvalue weighted by Gasteiger charge is 2.48. The van der Waals surface area contributed by atoms with Gasteiger partial charge in [-0.3, -0.25) is 14.6 Å². The molecule has 6 N–H and O–H groups in total. The summed E-state index contributed by atoms with van der Waals surface area (Å²) < 4.78 is 5.48. The van der Waals surface area contributed by atoms with E-state index in [1.54, 1.807) is 0 Å². The van der Waals surface area contributed by atoms with Crippen LogP contribution in [0.15, 0.2) is 4.79 Å². The van der Waals surface area contributed by atoms with Crippen molar-refractivity contribution >= 4 is 23.2 Å². The molecule has 132 valence electrons. The minimum absolute atomic E-state index is 0.0347. The lowest BCUT2D eigenvalue weighted by molar-refractivity contribution is -0.115. The Balaban J connectivity index is 2.00. The third-order valence-electron chi connectivity index (χ3n) is 4.04. The highest BCUT2D eigenvalue weighted by atomic mass is 16.6. The molecule has 0 radical (unpaired) electrons. The third kappa shape index (κ3) is 2.60. The van der Waals surface area contributed by atoms with Crippen molar-refractivity contribution in [1.82, 2.24) is 9.97 Å². The summed E-state index contributed by atoms with van der Waals surface area (Å²) in [6.07, 6.45) is -4.62. The molecule has 24 heavy (non-hydrogen) atoms. The standard InChI is InChI=1S/C13H19N5O6/c1-5(20)2-17-4-18(10-7(17)11(23)16-13(14)15-10)12-9(22)8(21)6(3-19)24-12/h6,8-9,12,19,21-22H,2-4H2,1H3,(H3,14,15,16,23)/t6-,8-,9-,12-/m1/s1. The van der Waals surface area contributed by atoms with Crippen molar-refractivity contribution < 1.29 is 24.9 Å². The van der Waals surface area contributed by atoms with E-state index in [0.717, 1.165) is 0 Å². The van der Waals surface area contributed by atoms with Crippen molar-refractivity contribution in [3.63, 3.8) is 0 Å². The largest absolute Gasteiger partial charge is 0.394 e. The lowest BCUT2D eigenvalue weighted by Crippen LogP contribution is -2.46. The van der Waals surface area contributed by atoms with Crippen LogP contribution in [0.2, 0.25) is 0 Å². The fourth-order valence-electron chi connectivity index (χ4n) is 3.02. The zero-order valence-corrected chi connectivity index (χ0v) is 12.9. The van der Waals surface area contributed by atoms with Crippen LogP contribution in [0.1, 0.15) is 6.92 Å². The van der Waals surface area contributed by atoms with Crippen LogP contribution in [0, 0.1) is 0 Å². The summed E-state index contributed by atoms with van der Waals surface area (Å²) >= 11 is 0. The van der Waals surface area contributed by atoms with Crippen molar-refractivity contribution in [3.8, 4) is 0 Å². The van der Waals surface area contributed by atoms with Crippen LogP contribution in [0.3, 0.4) is 0 Å². The first-order valence-corrected chi connectivity index (χ1v) is 7.36. The summed E-state index contributed by atoms with van der Waals surface area (Å²) in [5, 5.41) is 29.3. The molecule has 0 amide bonds. The number of nitrogens with two attached hydrogens (primary N) is 1. The molecule has 11 heteroatoms. The lowest BCUT2D eigenvalue weighted by atomic mass is 10.1. The minimum atomic E-state index is -1.32. The third-order valence-corrected chi connectivity index (χ3v) is 4.04. The summed E-state index contributed by atoms with van der Waals surface area (Å²) in [6, 6.07) is 0. The smallest absolute Gasteiger partial charge is 0.278 e. The normalized spacial score (nSPS) is 29.2. The van der Waals surface area contributed by atoms with Crippen LogP contribution < -0.4 is 21.1 Å². The summed E-state index contributed by atoms with van der Waals surface area (Å²) in [4.78, 5) is 33.0. The predicted molar refractivity (Wildman–Crippen MR) is 82.4 cm³/mol. The van der Waals surface area contributed by atoms with E-state index in [9.17, 15) is 24.9 Å². The van der Waals surface area contributed by atoms with Crippen LogP contribution in [0.4, 0.5) is 17.5 Å². The first kappa shape index (κ1) is 16.6. The summed E-state index contributed by atoms with van der Waals surface area (Å²) in [5.74, 6) is -0.146. The van der Waals surface area contributed by atoms with E-state index < -0.39 is 36.7 Å². The number of carbonyl (C=O) groups excluding carboxylic acids is 1. The molecule has 4 atom stereocenters. The average molecular weight is 341 g/mol. The number of hydrogen-bond donors (Lipinski definition) is 5. The van der Waals surface area contributed by atoms with Crippen LogP contribution in [-0.2, 0) is 9.53 Å². The second-order valence-electron chi connectivity index (χ2n) is 5.86. The highest BCUT2D eigenvalue weighted by molar-refractivity contribution is 5.84. The fourth-order valence-corrected chi connectivity index (χ4v) is 3.02. The number of anilines is 3. The summed E-state index contributed by atoms with van der Waals surface area (Å²) in [5.41, 5.74) is 5.20. The Morgan fingerprint density at radius 2 is 2.17 bits per heavy atom. The monoisotopic (exact) mass is 341 g/mol. The maximum atomic E-state index is 12.2. The quantitative estimate of drug-likeness (QED) is 0.380. The van der Waals surface area contributed by atoms with Crippen LogP contribution in [-0.4, -0.2) is 75.4 Å². The Kier molecular flexibility index (Phi) is 4.17. The van der Waals surface area contributed by atoms with Gasteiger partial charge in [0.05, 0.1) is 19.8 Å². The number of ketones is 1. The molecular formula is C13H19N5O6. The van der Waals surface area contributed by atoms with E-state index in [4.69, 9.17) is 10.5 Å². The SMILES string of the molecule is CC(=O)CN1CN([C@@H]2O[C@H](CO)[C@@H](O)[C@H]2O)c2nc(N)[nH]c(=O)c21. The Hall–Kier alpha value is -2.21. The summed E-state index contributed by atoms with van der Waals surface area (Å²) in [6.45, 7) is 0.916. The molecule has 3 heterocycles. The molecule has 0 aromatic carbocycles. The van der Waals surface area contributed by atoms with Crippen molar-refractivity contribution in [2.75, 3.05) is 35.4 Å². The van der Waals surface area contributed by atoms with Gasteiger partial charge >= 0.3 is 0 Å². The molecule has 11 nitrogen and oxygen atoms in total. The van der Waals surface area contributed by atoms with Gasteiger partial charge in [-0.2, -0.15) is 4.98 Å². The minimum Gasteiger partial charge on any atom is -0.394 e. The Labute approximate surface area is 136 Å². The Morgan fingerprint density at radius 1 is 1.46 bits per heavy atom. The number of fused-ring (bicyclic) bond motifs is 1. The van der Waals surface area contributed by atoms with E-state index in [2.05, 4.69) is 9.97 Å². The number of carbonyl (C=O) groups is 1. The van der Waals surface area contributed by atoms with Gasteiger partial charge in [-0.05, 0) is 6.92 Å². The molecular weight excluding hydrogens is 322 g/mol. The van der Waals surface area contributed by atoms with E-state index in [1.807, 2.05) is 0 Å². The number of nitrogens with one attached hydrogen (secondary N) is 1. The van der Waals surface area contributed by atoms with Gasteiger partial charge in [-0.25, -0.2) is 0 Å². The average Bonchev–Trinajstić information content (AvgIpc) is 2.98. The molecule has 2 aliphatic rings. The van der Waals surface area contributed by atoms with Gasteiger partial charge in [0.25, 0.3) is 5.56 Å². The molecule has 1 saturated heterocycles. The maximum absolute atomic E-state index is 12.2. The van der Waals surface area contributed by atoms with Crippen molar-refractivity contribution in [2.24, 2.45) is 0 Å². The molecule has 0 spiro atoms. The van der Waals surface area contributed by atoms with Gasteiger partial charge in [0.1, 0.15) is 29.8 Å². The van der Waals surface area contributed by atoms with Crippen molar-refractivity contribution in [1.29, 1.82) is 0 Å². The summed E-state index contributed by atoms with van der Waals surface area (Å²) in [7, 11) is 0. The topological polar surface area (TPSA) is 165 Å². The molecule has 0 bridgehead atoms. The number of nitrogens with zero attached hydrogens (tertiary/aromatic N) is 3. The zero-order valence-electron chi connectivity index (χ0n) is 12.9. The predicted octanol–water partition coefficient (Wildman–Crippen LogP) is -3.04. The van der Waals surface area contributed by atoms with Gasteiger partial charge in [0.15, 0.2) is 12.0 Å². The number of aliphatic hydroxyl groups excluding tert-OH is 3. The molecule has 2 aliphatic heterocycles. The molecule has 0 saturated carbocycles. The first-order chi connectivity index (χ1) is 11.3. The maximum Gasteiger partial charge on any atom is 0.278 e. The molecule has 1 aromatic heterocycles. The van der Waals surface area contributed by atoms with E-state index >= 15 is 0 Å². The molecule has 0 unspecified atom stereocenters. The first-order valence-electron chi connectivity index (χ1n) is 7.36. The number of aromatic amines is 1. The van der Waals surface area contributed by atoms with Gasteiger partial charge in [0, 0.05) is 0 Å².